The first kappa shape index (κ1) is 18.3. The third-order valence-corrected chi connectivity index (χ3v) is 8.10. The van der Waals surface area contributed by atoms with E-state index >= 15 is 0 Å². The monoisotopic (exact) mass is 398 g/mol. The number of piperidine rings is 1. The van der Waals surface area contributed by atoms with Gasteiger partial charge in [0.2, 0.25) is 0 Å². The minimum atomic E-state index is 0.229. The lowest BCUT2D eigenvalue weighted by molar-refractivity contribution is 0.0285. The Morgan fingerprint density at radius 1 is 1.13 bits per heavy atom. The molecule has 0 spiro atoms. The van der Waals surface area contributed by atoms with Crippen molar-refractivity contribution in [3.63, 3.8) is 0 Å². The Bertz CT molecular complexity index is 1090. The fourth-order valence-corrected chi connectivity index (χ4v) is 5.88. The highest BCUT2D eigenvalue weighted by molar-refractivity contribution is 5.92. The number of nitrogens with zero attached hydrogens (tertiary/aromatic N) is 3. The van der Waals surface area contributed by atoms with E-state index in [1.54, 1.807) is 6.33 Å². The van der Waals surface area contributed by atoms with Crippen LogP contribution in [0.4, 0.5) is 11.5 Å². The van der Waals surface area contributed by atoms with Crippen LogP contribution in [0.2, 0.25) is 0 Å². The zero-order valence-electron chi connectivity index (χ0n) is 17.9. The second kappa shape index (κ2) is 6.78. The molecule has 30 heavy (non-hydrogen) atoms. The topological polar surface area (TPSA) is 41.1 Å². The fourth-order valence-electron chi connectivity index (χ4n) is 5.88. The Kier molecular flexibility index (Phi) is 4.14. The van der Waals surface area contributed by atoms with Gasteiger partial charge in [-0.05, 0) is 84.9 Å². The van der Waals surface area contributed by atoms with Crippen molar-refractivity contribution in [3.8, 4) is 0 Å². The summed E-state index contributed by atoms with van der Waals surface area (Å²) in [5, 5.41) is 4.64. The summed E-state index contributed by atoms with van der Waals surface area (Å²) < 4.78 is 0. The lowest BCUT2D eigenvalue weighted by atomic mass is 9.59. The molecule has 2 heterocycles. The minimum absolute atomic E-state index is 0.229. The van der Waals surface area contributed by atoms with Crippen LogP contribution in [0.5, 0.6) is 0 Å². The van der Waals surface area contributed by atoms with Crippen molar-refractivity contribution < 1.29 is 0 Å². The third kappa shape index (κ3) is 2.92. The number of benzene rings is 2. The number of likely N-dealkylation sites (tertiary alicyclic amines) is 1. The number of para-hydroxylation sites is 1. The van der Waals surface area contributed by atoms with Gasteiger partial charge in [0.1, 0.15) is 12.1 Å². The SMILES string of the molecule is C[C@H]1[C@H]2Cc3cc4ncnc(Nc5ccccc5)c4cc3[C@]1(C)CCN2CC1CC1. The van der Waals surface area contributed by atoms with Crippen LogP contribution in [0.3, 0.4) is 0 Å². The van der Waals surface area contributed by atoms with Gasteiger partial charge in [0.15, 0.2) is 0 Å². The van der Waals surface area contributed by atoms with Crippen molar-refractivity contribution in [1.29, 1.82) is 0 Å². The summed E-state index contributed by atoms with van der Waals surface area (Å²) >= 11 is 0. The summed E-state index contributed by atoms with van der Waals surface area (Å²) in [7, 11) is 0. The van der Waals surface area contributed by atoms with Gasteiger partial charge < -0.3 is 5.32 Å². The highest BCUT2D eigenvalue weighted by Crippen LogP contribution is 2.50. The third-order valence-electron chi connectivity index (χ3n) is 8.10. The van der Waals surface area contributed by atoms with Crippen LogP contribution in [0.25, 0.3) is 10.9 Å². The van der Waals surface area contributed by atoms with E-state index in [2.05, 4.69) is 58.3 Å². The van der Waals surface area contributed by atoms with E-state index in [1.807, 2.05) is 18.2 Å². The van der Waals surface area contributed by atoms with Crippen LogP contribution >= 0.6 is 0 Å². The Balaban J connectivity index is 1.42. The quantitative estimate of drug-likeness (QED) is 0.647. The van der Waals surface area contributed by atoms with Crippen LogP contribution < -0.4 is 5.32 Å². The predicted octanol–water partition coefficient (Wildman–Crippen LogP) is 5.31. The summed E-state index contributed by atoms with van der Waals surface area (Å²) in [6, 6.07) is 15.7. The molecular weight excluding hydrogens is 368 g/mol. The Labute approximate surface area is 178 Å². The highest BCUT2D eigenvalue weighted by Gasteiger charge is 2.49. The lowest BCUT2D eigenvalue weighted by Gasteiger charge is -2.55. The maximum Gasteiger partial charge on any atom is 0.141 e. The van der Waals surface area contributed by atoms with Crippen LogP contribution in [0.1, 0.15) is 44.2 Å². The van der Waals surface area contributed by atoms with E-state index < -0.39 is 0 Å². The molecule has 2 bridgehead atoms. The van der Waals surface area contributed by atoms with Gasteiger partial charge in [-0.3, -0.25) is 4.90 Å². The van der Waals surface area contributed by atoms with E-state index in [1.165, 1.54) is 43.5 Å². The van der Waals surface area contributed by atoms with Crippen LogP contribution in [0.15, 0.2) is 48.8 Å². The zero-order chi connectivity index (χ0) is 20.3. The average Bonchev–Trinajstić information content (AvgIpc) is 3.57. The average molecular weight is 399 g/mol. The molecule has 154 valence electrons. The Morgan fingerprint density at radius 3 is 2.77 bits per heavy atom. The molecule has 0 amide bonds. The molecule has 3 atom stereocenters. The molecule has 1 aromatic heterocycles. The van der Waals surface area contributed by atoms with E-state index in [0.29, 0.717) is 12.0 Å². The number of nitrogens with one attached hydrogen (secondary N) is 1. The molecular formula is C26H30N4. The van der Waals surface area contributed by atoms with Gasteiger partial charge in [-0.15, -0.1) is 0 Å². The van der Waals surface area contributed by atoms with Crippen molar-refractivity contribution in [2.24, 2.45) is 11.8 Å². The molecule has 4 heteroatoms. The molecule has 2 fully saturated rings. The molecule has 6 rings (SSSR count). The van der Waals surface area contributed by atoms with Crippen molar-refractivity contribution >= 4 is 22.4 Å². The number of aromatic nitrogens is 2. The van der Waals surface area contributed by atoms with Crippen LogP contribution in [-0.2, 0) is 11.8 Å². The first-order valence-electron chi connectivity index (χ1n) is 11.5. The van der Waals surface area contributed by atoms with Gasteiger partial charge in [0, 0.05) is 23.7 Å². The molecule has 1 aliphatic heterocycles. The van der Waals surface area contributed by atoms with Crippen molar-refractivity contribution in [1.82, 2.24) is 14.9 Å². The van der Waals surface area contributed by atoms with Crippen molar-refractivity contribution in [2.75, 3.05) is 18.4 Å². The summed E-state index contributed by atoms with van der Waals surface area (Å²) in [4.78, 5) is 12.0. The van der Waals surface area contributed by atoms with Gasteiger partial charge in [-0.2, -0.15) is 0 Å². The second-order valence-electron chi connectivity index (χ2n) is 9.91. The van der Waals surface area contributed by atoms with Crippen LogP contribution in [0, 0.1) is 11.8 Å². The van der Waals surface area contributed by atoms with Gasteiger partial charge in [0.05, 0.1) is 5.52 Å². The van der Waals surface area contributed by atoms with Gasteiger partial charge in [-0.25, -0.2) is 9.97 Å². The molecule has 2 aromatic carbocycles. The highest BCUT2D eigenvalue weighted by atomic mass is 15.2. The maximum absolute atomic E-state index is 4.64. The van der Waals surface area contributed by atoms with Crippen LogP contribution in [-0.4, -0.2) is 34.0 Å². The predicted molar refractivity (Wildman–Crippen MR) is 122 cm³/mol. The fraction of sp³-hybridized carbons (Fsp3) is 0.462. The molecule has 0 unspecified atom stereocenters. The first-order valence-corrected chi connectivity index (χ1v) is 11.5. The Hall–Kier alpha value is -2.46. The summed E-state index contributed by atoms with van der Waals surface area (Å²) in [5.74, 6) is 2.53. The zero-order valence-corrected chi connectivity index (χ0v) is 17.9. The van der Waals surface area contributed by atoms with E-state index in [4.69, 9.17) is 0 Å². The molecule has 3 aliphatic rings. The van der Waals surface area contributed by atoms with Gasteiger partial charge in [-0.1, -0.05) is 32.0 Å². The summed E-state index contributed by atoms with van der Waals surface area (Å²) in [6.45, 7) is 7.53. The summed E-state index contributed by atoms with van der Waals surface area (Å²) in [6.07, 6.45) is 6.95. The molecule has 2 aliphatic carbocycles. The number of hydrogen-bond donors (Lipinski definition) is 1. The first-order chi connectivity index (χ1) is 14.6. The van der Waals surface area contributed by atoms with E-state index in [0.717, 1.165) is 34.7 Å². The number of fused-ring (bicyclic) bond motifs is 5. The molecule has 1 saturated heterocycles. The van der Waals surface area contributed by atoms with Crippen molar-refractivity contribution in [2.45, 2.75) is 51.0 Å². The number of rotatable bonds is 4. The Morgan fingerprint density at radius 2 is 1.97 bits per heavy atom. The molecule has 1 N–H and O–H groups in total. The maximum atomic E-state index is 4.64. The second-order valence-corrected chi connectivity index (χ2v) is 9.91. The normalized spacial score (nSPS) is 28.3. The molecule has 1 saturated carbocycles. The smallest absolute Gasteiger partial charge is 0.141 e. The molecule has 3 aromatic rings. The van der Waals surface area contributed by atoms with E-state index in [-0.39, 0.29) is 5.41 Å². The molecule has 4 nitrogen and oxygen atoms in total. The van der Waals surface area contributed by atoms with E-state index in [9.17, 15) is 0 Å². The molecule has 0 radical (unpaired) electrons. The number of anilines is 2. The van der Waals surface area contributed by atoms with Crippen molar-refractivity contribution in [3.05, 3.63) is 59.9 Å². The number of hydrogen-bond acceptors (Lipinski definition) is 4. The van der Waals surface area contributed by atoms with Gasteiger partial charge >= 0.3 is 0 Å². The standard InChI is InChI=1S/C26H30N4/c1-17-24-13-19-12-23-21(25(28-16-27-23)29-20-6-4-3-5-7-20)14-22(19)26(17,2)10-11-30(24)15-18-8-9-18/h3-7,12,14,16-18,24H,8-11,13,15H2,1-2H3,(H,27,28,29)/t17-,24+,26+/m0/s1. The van der Waals surface area contributed by atoms with Gasteiger partial charge in [0.25, 0.3) is 0 Å². The minimum Gasteiger partial charge on any atom is -0.340 e. The largest absolute Gasteiger partial charge is 0.340 e. The lowest BCUT2D eigenvalue weighted by Crippen LogP contribution is -2.58. The summed E-state index contributed by atoms with van der Waals surface area (Å²) in [5.41, 5.74) is 5.36.